The molecule has 0 unspecified atom stereocenters. The second kappa shape index (κ2) is 5.17. The zero-order valence-electron chi connectivity index (χ0n) is 10.5. The fraction of sp³-hybridized carbons (Fsp3) is 0.400. The average Bonchev–Trinajstić information content (AvgIpc) is 2.67. The zero-order chi connectivity index (χ0) is 12.3. The predicted octanol–water partition coefficient (Wildman–Crippen LogP) is 4.37. The fourth-order valence-corrected chi connectivity index (χ4v) is 2.19. The topological polar surface area (TPSA) is 30.2 Å². The van der Waals surface area contributed by atoms with Gasteiger partial charge in [0, 0.05) is 11.8 Å². The van der Waals surface area contributed by atoms with Gasteiger partial charge >= 0.3 is 0 Å². The van der Waals surface area contributed by atoms with E-state index in [9.17, 15) is 4.79 Å². The molecule has 0 saturated carbocycles. The Hall–Kier alpha value is -1.57. The Balaban J connectivity index is 2.39. The van der Waals surface area contributed by atoms with Crippen LogP contribution in [0.25, 0.3) is 11.0 Å². The Labute approximate surface area is 102 Å². The van der Waals surface area contributed by atoms with Gasteiger partial charge in [-0.3, -0.25) is 4.79 Å². The van der Waals surface area contributed by atoms with Crippen molar-refractivity contribution in [3.05, 3.63) is 35.6 Å². The molecule has 0 spiro atoms. The number of carbonyl (C=O) groups excluding carboxylic acids is 1. The Morgan fingerprint density at radius 1 is 1.24 bits per heavy atom. The maximum atomic E-state index is 11.7. The van der Waals surface area contributed by atoms with Crippen LogP contribution in [0.2, 0.25) is 0 Å². The molecule has 0 aliphatic heterocycles. The molecule has 2 rings (SSSR count). The molecule has 0 aliphatic rings. The Morgan fingerprint density at radius 2 is 2.00 bits per heavy atom. The number of furan rings is 1. The lowest BCUT2D eigenvalue weighted by Crippen LogP contribution is -1.96. The first kappa shape index (κ1) is 11.9. The molecule has 0 amide bonds. The number of hydrogen-bond donors (Lipinski definition) is 0. The standard InChI is InChI=1S/C15H18O2/c1-3-4-5-10-14-15(11(2)16)12-8-6-7-9-13(12)17-14/h6-9H,3-5,10H2,1-2H3. The van der Waals surface area contributed by atoms with Gasteiger partial charge in [-0.15, -0.1) is 0 Å². The lowest BCUT2D eigenvalue weighted by molar-refractivity contribution is 0.101. The molecule has 1 heterocycles. The smallest absolute Gasteiger partial charge is 0.163 e. The number of hydrogen-bond acceptors (Lipinski definition) is 2. The van der Waals surface area contributed by atoms with E-state index >= 15 is 0 Å². The van der Waals surface area contributed by atoms with E-state index in [1.54, 1.807) is 6.92 Å². The van der Waals surface area contributed by atoms with E-state index in [0.717, 1.165) is 35.1 Å². The summed E-state index contributed by atoms with van der Waals surface area (Å²) in [5, 5.41) is 0.950. The van der Waals surface area contributed by atoms with Crippen molar-refractivity contribution in [2.75, 3.05) is 0 Å². The van der Waals surface area contributed by atoms with Crippen LogP contribution in [0.1, 0.15) is 49.2 Å². The molecule has 0 atom stereocenters. The van der Waals surface area contributed by atoms with Crippen molar-refractivity contribution in [1.82, 2.24) is 0 Å². The molecule has 2 aromatic rings. The van der Waals surface area contributed by atoms with Gasteiger partial charge in [-0.2, -0.15) is 0 Å². The number of Topliss-reactive ketones (excluding diaryl/α,β-unsaturated/α-hetero) is 1. The van der Waals surface area contributed by atoms with E-state index in [2.05, 4.69) is 6.92 Å². The molecular formula is C15H18O2. The summed E-state index contributed by atoms with van der Waals surface area (Å²) in [6.45, 7) is 3.78. The summed E-state index contributed by atoms with van der Waals surface area (Å²) in [5.74, 6) is 0.952. The van der Waals surface area contributed by atoms with E-state index in [1.807, 2.05) is 24.3 Å². The van der Waals surface area contributed by atoms with Gasteiger partial charge in [0.25, 0.3) is 0 Å². The molecule has 1 aromatic carbocycles. The highest BCUT2D eigenvalue weighted by Crippen LogP contribution is 2.27. The number of para-hydroxylation sites is 1. The lowest BCUT2D eigenvalue weighted by Gasteiger charge is -1.98. The molecule has 0 saturated heterocycles. The van der Waals surface area contributed by atoms with Crippen LogP contribution in [0.5, 0.6) is 0 Å². The predicted molar refractivity (Wildman–Crippen MR) is 69.4 cm³/mol. The third-order valence-electron chi connectivity index (χ3n) is 3.03. The second-order valence-corrected chi connectivity index (χ2v) is 4.41. The summed E-state index contributed by atoms with van der Waals surface area (Å²) in [5.41, 5.74) is 1.60. The van der Waals surface area contributed by atoms with E-state index in [1.165, 1.54) is 12.8 Å². The van der Waals surface area contributed by atoms with Crippen molar-refractivity contribution in [2.24, 2.45) is 0 Å². The molecular weight excluding hydrogens is 212 g/mol. The number of unbranched alkanes of at least 4 members (excludes halogenated alkanes) is 2. The SMILES string of the molecule is CCCCCc1oc2ccccc2c1C(C)=O. The van der Waals surface area contributed by atoms with Gasteiger partial charge in [-0.1, -0.05) is 38.0 Å². The van der Waals surface area contributed by atoms with Crippen molar-refractivity contribution in [3.8, 4) is 0 Å². The minimum absolute atomic E-state index is 0.0986. The highest BCUT2D eigenvalue weighted by atomic mass is 16.3. The first-order valence-electron chi connectivity index (χ1n) is 6.25. The minimum Gasteiger partial charge on any atom is -0.460 e. The fourth-order valence-electron chi connectivity index (χ4n) is 2.19. The van der Waals surface area contributed by atoms with Gasteiger partial charge in [-0.05, 0) is 19.4 Å². The largest absolute Gasteiger partial charge is 0.460 e. The molecule has 0 bridgehead atoms. The molecule has 0 fully saturated rings. The number of benzene rings is 1. The second-order valence-electron chi connectivity index (χ2n) is 4.41. The maximum Gasteiger partial charge on any atom is 0.163 e. The zero-order valence-corrected chi connectivity index (χ0v) is 10.5. The quantitative estimate of drug-likeness (QED) is 0.564. The van der Waals surface area contributed by atoms with Crippen LogP contribution < -0.4 is 0 Å². The van der Waals surface area contributed by atoms with Crippen molar-refractivity contribution in [2.45, 2.75) is 39.5 Å². The maximum absolute atomic E-state index is 11.7. The molecule has 0 aliphatic carbocycles. The molecule has 0 radical (unpaired) electrons. The Bertz CT molecular complexity index is 523. The van der Waals surface area contributed by atoms with Crippen LogP contribution in [-0.2, 0) is 6.42 Å². The highest BCUT2D eigenvalue weighted by Gasteiger charge is 2.16. The Morgan fingerprint density at radius 3 is 2.71 bits per heavy atom. The number of fused-ring (bicyclic) bond motifs is 1. The van der Waals surface area contributed by atoms with Gasteiger partial charge in [0.05, 0.1) is 5.56 Å². The van der Waals surface area contributed by atoms with Crippen LogP contribution in [0.3, 0.4) is 0 Å². The minimum atomic E-state index is 0.0986. The number of rotatable bonds is 5. The van der Waals surface area contributed by atoms with Crippen molar-refractivity contribution in [1.29, 1.82) is 0 Å². The first-order valence-corrected chi connectivity index (χ1v) is 6.25. The normalized spacial score (nSPS) is 10.9. The molecule has 17 heavy (non-hydrogen) atoms. The van der Waals surface area contributed by atoms with E-state index in [-0.39, 0.29) is 5.78 Å². The van der Waals surface area contributed by atoms with Gasteiger partial charge in [-0.25, -0.2) is 0 Å². The lowest BCUT2D eigenvalue weighted by atomic mass is 10.0. The van der Waals surface area contributed by atoms with Gasteiger partial charge in [0.1, 0.15) is 11.3 Å². The summed E-state index contributed by atoms with van der Waals surface area (Å²) in [4.78, 5) is 11.7. The van der Waals surface area contributed by atoms with E-state index in [0.29, 0.717) is 0 Å². The summed E-state index contributed by atoms with van der Waals surface area (Å²) in [6, 6.07) is 7.76. The van der Waals surface area contributed by atoms with Crippen LogP contribution in [0.4, 0.5) is 0 Å². The van der Waals surface area contributed by atoms with Crippen LogP contribution in [-0.4, -0.2) is 5.78 Å². The van der Waals surface area contributed by atoms with Crippen LogP contribution >= 0.6 is 0 Å². The van der Waals surface area contributed by atoms with Gasteiger partial charge in [0.15, 0.2) is 5.78 Å². The van der Waals surface area contributed by atoms with E-state index < -0.39 is 0 Å². The molecule has 2 heteroatoms. The average molecular weight is 230 g/mol. The van der Waals surface area contributed by atoms with E-state index in [4.69, 9.17) is 4.42 Å². The molecule has 1 aromatic heterocycles. The van der Waals surface area contributed by atoms with Gasteiger partial charge in [0.2, 0.25) is 0 Å². The molecule has 90 valence electrons. The summed E-state index contributed by atoms with van der Waals surface area (Å²) < 4.78 is 5.79. The number of aryl methyl sites for hydroxylation is 1. The third kappa shape index (κ3) is 2.41. The van der Waals surface area contributed by atoms with Crippen LogP contribution in [0, 0.1) is 0 Å². The Kier molecular flexibility index (Phi) is 3.62. The third-order valence-corrected chi connectivity index (χ3v) is 3.03. The molecule has 2 nitrogen and oxygen atoms in total. The number of carbonyl (C=O) groups is 1. The number of ketones is 1. The molecule has 0 N–H and O–H groups in total. The first-order chi connectivity index (χ1) is 8.24. The van der Waals surface area contributed by atoms with Crippen molar-refractivity contribution in [3.63, 3.8) is 0 Å². The summed E-state index contributed by atoms with van der Waals surface area (Å²) in [6.07, 6.45) is 4.29. The van der Waals surface area contributed by atoms with Crippen LogP contribution in [0.15, 0.2) is 28.7 Å². The van der Waals surface area contributed by atoms with Crippen molar-refractivity contribution >= 4 is 16.8 Å². The van der Waals surface area contributed by atoms with Gasteiger partial charge < -0.3 is 4.42 Å². The summed E-state index contributed by atoms with van der Waals surface area (Å²) in [7, 11) is 0. The highest BCUT2D eigenvalue weighted by molar-refractivity contribution is 6.07. The van der Waals surface area contributed by atoms with Crippen molar-refractivity contribution < 1.29 is 9.21 Å². The summed E-state index contributed by atoms with van der Waals surface area (Å²) >= 11 is 0. The monoisotopic (exact) mass is 230 g/mol.